The van der Waals surface area contributed by atoms with Crippen molar-refractivity contribution in [1.82, 2.24) is 0 Å². The number of aliphatic hydroxyl groups is 1. The van der Waals surface area contributed by atoms with Crippen molar-refractivity contribution in [1.29, 1.82) is 0 Å². The Bertz CT molecular complexity index is 290. The largest absolute Gasteiger partial charge is 0.391 e. The van der Waals surface area contributed by atoms with Crippen molar-refractivity contribution < 1.29 is 26.9 Å². The number of aliphatic hydroxyl groups excluding tert-OH is 1. The van der Waals surface area contributed by atoms with E-state index in [9.17, 15) is 12.3 Å². The lowest BCUT2D eigenvalue weighted by Crippen LogP contribution is -2.31. The van der Waals surface area contributed by atoms with Crippen LogP contribution in [0.25, 0.3) is 0 Å². The summed E-state index contributed by atoms with van der Waals surface area (Å²) < 4.78 is 42.8. The maximum Gasteiger partial charge on any atom is 0.302 e. The molecule has 2 atom stereocenters. The summed E-state index contributed by atoms with van der Waals surface area (Å²) in [5, 5.41) is 8.83. The van der Waals surface area contributed by atoms with Crippen LogP contribution in [0.5, 0.6) is 0 Å². The zero-order valence-corrected chi connectivity index (χ0v) is 8.59. The highest BCUT2D eigenvalue weighted by Crippen LogP contribution is 2.24. The highest BCUT2D eigenvalue weighted by molar-refractivity contribution is 7.86. The van der Waals surface area contributed by atoms with Gasteiger partial charge in [-0.05, 0) is 13.3 Å². The molecule has 0 bridgehead atoms. The maximum absolute atomic E-state index is 12.1. The van der Waals surface area contributed by atoms with Crippen LogP contribution in [-0.4, -0.2) is 44.4 Å². The Hall–Kier alpha value is -0.240. The molecule has 1 N–H and O–H groups in total. The molecule has 0 aromatic heterocycles. The van der Waals surface area contributed by atoms with Gasteiger partial charge >= 0.3 is 10.2 Å². The van der Waals surface area contributed by atoms with Crippen LogP contribution in [-0.2, 0) is 19.7 Å². The Kier molecular flexibility index (Phi) is 3.46. The molecule has 7 heteroatoms. The van der Waals surface area contributed by atoms with E-state index in [0.717, 1.165) is 0 Å². The van der Waals surface area contributed by atoms with Gasteiger partial charge in [-0.2, -0.15) is 8.42 Å². The fraction of sp³-hybridized carbons (Fsp3) is 1.00. The van der Waals surface area contributed by atoms with Crippen molar-refractivity contribution in [2.45, 2.75) is 25.2 Å². The van der Waals surface area contributed by atoms with Crippen LogP contribution in [0.3, 0.4) is 0 Å². The smallest absolute Gasteiger partial charge is 0.302 e. The van der Waals surface area contributed by atoms with E-state index in [4.69, 9.17) is 14.6 Å². The molecule has 5 nitrogen and oxygen atoms in total. The molecule has 0 aromatic rings. The third kappa shape index (κ3) is 3.49. The molecule has 1 heterocycles. The van der Waals surface area contributed by atoms with Crippen molar-refractivity contribution in [3.05, 3.63) is 0 Å². The second-order valence-corrected chi connectivity index (χ2v) is 4.86. The molecule has 1 saturated heterocycles. The molecule has 1 aliphatic heterocycles. The van der Waals surface area contributed by atoms with E-state index in [-0.39, 0.29) is 19.6 Å². The molecule has 0 radical (unpaired) electrons. The van der Waals surface area contributed by atoms with Crippen LogP contribution in [0.15, 0.2) is 0 Å². The lowest BCUT2D eigenvalue weighted by Gasteiger charge is -2.19. The number of halogens is 1. The molecule has 0 spiro atoms. The molecule has 84 valence electrons. The molecule has 1 aliphatic rings. The number of hydrogen-bond donors (Lipinski definition) is 1. The first-order valence-corrected chi connectivity index (χ1v) is 5.75. The van der Waals surface area contributed by atoms with Gasteiger partial charge in [0, 0.05) is 0 Å². The molecule has 1 rings (SSSR count). The summed E-state index contributed by atoms with van der Waals surface area (Å²) >= 11 is 0. The van der Waals surface area contributed by atoms with E-state index in [2.05, 4.69) is 0 Å². The van der Waals surface area contributed by atoms with Gasteiger partial charge in [0.25, 0.3) is 0 Å². The molecule has 0 aromatic carbocycles. The van der Waals surface area contributed by atoms with Gasteiger partial charge in [0.15, 0.2) is 5.79 Å². The van der Waals surface area contributed by atoms with Crippen LogP contribution in [0.2, 0.25) is 0 Å². The van der Waals surface area contributed by atoms with E-state index in [0.29, 0.717) is 0 Å². The highest BCUT2D eigenvalue weighted by Gasteiger charge is 2.36. The second kappa shape index (κ2) is 4.09. The summed E-state index contributed by atoms with van der Waals surface area (Å²) in [7, 11) is -4.45. The van der Waals surface area contributed by atoms with Crippen LogP contribution < -0.4 is 0 Å². The van der Waals surface area contributed by atoms with Gasteiger partial charge in [0.05, 0.1) is 25.1 Å². The van der Waals surface area contributed by atoms with Gasteiger partial charge in [-0.25, -0.2) is 0 Å². The zero-order valence-electron chi connectivity index (χ0n) is 7.77. The predicted octanol–water partition coefficient (Wildman–Crippen LogP) is -0.200. The van der Waals surface area contributed by atoms with Gasteiger partial charge in [-0.1, -0.05) is 0 Å². The lowest BCUT2D eigenvalue weighted by molar-refractivity contribution is -0.178. The average molecular weight is 228 g/mol. The van der Waals surface area contributed by atoms with Crippen molar-refractivity contribution in [3.63, 3.8) is 0 Å². The average Bonchev–Trinajstić information content (AvgIpc) is 2.44. The Balaban J connectivity index is 2.37. The van der Waals surface area contributed by atoms with Crippen molar-refractivity contribution in [3.8, 4) is 0 Å². The van der Waals surface area contributed by atoms with Crippen molar-refractivity contribution in [2.75, 3.05) is 19.0 Å². The molecule has 0 amide bonds. The number of rotatable bonds is 4. The molecule has 14 heavy (non-hydrogen) atoms. The third-order valence-electron chi connectivity index (χ3n) is 1.96. The SMILES string of the molecule is CC1(CO)OCC(CCS(=O)(=O)F)O1. The standard InChI is InChI=1S/C7H13FO5S/c1-7(5-9)12-4-6(13-7)2-3-14(8,10)11/h6,9H,2-5H2,1H3. The fourth-order valence-corrected chi connectivity index (χ4v) is 1.73. The summed E-state index contributed by atoms with van der Waals surface area (Å²) in [4.78, 5) is 0. The van der Waals surface area contributed by atoms with E-state index < -0.39 is 27.9 Å². The minimum Gasteiger partial charge on any atom is -0.391 e. The molecule has 1 fully saturated rings. The summed E-state index contributed by atoms with van der Waals surface area (Å²) in [6, 6.07) is 0. The minimum atomic E-state index is -4.45. The van der Waals surface area contributed by atoms with Crippen LogP contribution >= 0.6 is 0 Å². The van der Waals surface area contributed by atoms with Gasteiger partial charge in [0.1, 0.15) is 0 Å². The summed E-state index contributed by atoms with van der Waals surface area (Å²) in [6.45, 7) is 1.40. The monoisotopic (exact) mass is 228 g/mol. The van der Waals surface area contributed by atoms with Crippen molar-refractivity contribution in [2.24, 2.45) is 0 Å². The fourth-order valence-electron chi connectivity index (χ4n) is 1.19. The van der Waals surface area contributed by atoms with E-state index >= 15 is 0 Å². The maximum atomic E-state index is 12.1. The first-order chi connectivity index (χ1) is 6.35. The molecule has 0 aliphatic carbocycles. The third-order valence-corrected chi connectivity index (χ3v) is 2.68. The van der Waals surface area contributed by atoms with Crippen LogP contribution in [0.1, 0.15) is 13.3 Å². The molecule has 2 unspecified atom stereocenters. The van der Waals surface area contributed by atoms with Crippen LogP contribution in [0, 0.1) is 0 Å². The topological polar surface area (TPSA) is 72.8 Å². The normalized spacial score (nSPS) is 33.5. The first kappa shape index (κ1) is 11.8. The Labute approximate surface area is 82.0 Å². The summed E-state index contributed by atoms with van der Waals surface area (Å²) in [6.07, 6.45) is -0.438. The van der Waals surface area contributed by atoms with Gasteiger partial charge in [0.2, 0.25) is 0 Å². The first-order valence-electron chi connectivity index (χ1n) is 4.20. The number of ether oxygens (including phenoxy) is 2. The van der Waals surface area contributed by atoms with Gasteiger partial charge in [-0.15, -0.1) is 3.89 Å². The van der Waals surface area contributed by atoms with Crippen LogP contribution in [0.4, 0.5) is 3.89 Å². The molecule has 0 saturated carbocycles. The minimum absolute atomic E-state index is 0.0361. The predicted molar refractivity (Wildman–Crippen MR) is 45.8 cm³/mol. The number of hydrogen-bond acceptors (Lipinski definition) is 5. The Morgan fingerprint density at radius 3 is 2.71 bits per heavy atom. The Morgan fingerprint density at radius 1 is 1.64 bits per heavy atom. The lowest BCUT2D eigenvalue weighted by atomic mass is 10.3. The highest BCUT2D eigenvalue weighted by atomic mass is 32.3. The molecular weight excluding hydrogens is 215 g/mol. The second-order valence-electron chi connectivity index (χ2n) is 3.37. The summed E-state index contributed by atoms with van der Waals surface area (Å²) in [5.74, 6) is -1.66. The van der Waals surface area contributed by atoms with Gasteiger partial charge in [-0.3, -0.25) is 0 Å². The Morgan fingerprint density at radius 2 is 2.29 bits per heavy atom. The van der Waals surface area contributed by atoms with E-state index in [1.54, 1.807) is 0 Å². The van der Waals surface area contributed by atoms with Crippen molar-refractivity contribution >= 4 is 10.2 Å². The zero-order chi connectivity index (χ0) is 10.8. The summed E-state index contributed by atoms with van der Waals surface area (Å²) in [5.41, 5.74) is 0. The van der Waals surface area contributed by atoms with Gasteiger partial charge < -0.3 is 14.6 Å². The van der Waals surface area contributed by atoms with E-state index in [1.807, 2.05) is 0 Å². The molecular formula is C7H13FO5S. The van der Waals surface area contributed by atoms with E-state index in [1.165, 1.54) is 6.92 Å². The quantitative estimate of drug-likeness (QED) is 0.674.